The van der Waals surface area contributed by atoms with E-state index < -0.39 is 10.0 Å². The standard InChI is InChI=1S/C14H12BrN3O2S/c1-9-2-5-12(7-13(9)17)21(19,20)18-14-6-11(15)4-3-10(14)8-16/h2-7,18H,17H2,1H3. The van der Waals surface area contributed by atoms with Gasteiger partial charge in [-0.3, -0.25) is 4.72 Å². The maximum Gasteiger partial charge on any atom is 0.262 e. The molecule has 0 fully saturated rings. The molecule has 0 saturated heterocycles. The van der Waals surface area contributed by atoms with Crippen LogP contribution in [0.2, 0.25) is 0 Å². The molecular formula is C14H12BrN3O2S. The number of nitrogens with one attached hydrogen (secondary N) is 1. The van der Waals surface area contributed by atoms with Crippen molar-refractivity contribution >= 4 is 37.3 Å². The fraction of sp³-hybridized carbons (Fsp3) is 0.0714. The van der Waals surface area contributed by atoms with Crippen LogP contribution in [0.3, 0.4) is 0 Å². The summed E-state index contributed by atoms with van der Waals surface area (Å²) in [6, 6.07) is 11.2. The van der Waals surface area contributed by atoms with Crippen LogP contribution in [0.4, 0.5) is 11.4 Å². The molecule has 0 unspecified atom stereocenters. The minimum atomic E-state index is -3.80. The molecule has 2 aromatic rings. The first-order chi connectivity index (χ1) is 9.83. The normalized spacial score (nSPS) is 10.9. The first-order valence-corrected chi connectivity index (χ1v) is 8.20. The van der Waals surface area contributed by atoms with E-state index in [-0.39, 0.29) is 16.1 Å². The summed E-state index contributed by atoms with van der Waals surface area (Å²) in [5.74, 6) is 0. The molecule has 0 amide bonds. The lowest BCUT2D eigenvalue weighted by Crippen LogP contribution is -2.14. The first kappa shape index (κ1) is 15.4. The molecule has 0 heterocycles. The van der Waals surface area contributed by atoms with Crippen molar-refractivity contribution in [2.24, 2.45) is 0 Å². The van der Waals surface area contributed by atoms with Gasteiger partial charge in [-0.05, 0) is 42.8 Å². The summed E-state index contributed by atoms with van der Waals surface area (Å²) < 4.78 is 27.8. The zero-order valence-electron chi connectivity index (χ0n) is 11.1. The Balaban J connectivity index is 2.45. The molecule has 3 N–H and O–H groups in total. The van der Waals surface area contributed by atoms with E-state index in [0.29, 0.717) is 10.2 Å². The minimum Gasteiger partial charge on any atom is -0.398 e. The minimum absolute atomic E-state index is 0.0504. The van der Waals surface area contributed by atoms with E-state index in [1.54, 1.807) is 19.1 Å². The Hall–Kier alpha value is -2.04. The molecule has 0 aromatic heterocycles. The molecule has 0 spiro atoms. The Kier molecular flexibility index (Phi) is 4.21. The molecule has 0 atom stereocenters. The number of rotatable bonds is 3. The summed E-state index contributed by atoms with van der Waals surface area (Å²) >= 11 is 3.25. The number of benzene rings is 2. The molecule has 5 nitrogen and oxygen atoms in total. The van der Waals surface area contributed by atoms with Crippen molar-refractivity contribution in [3.63, 3.8) is 0 Å². The zero-order chi connectivity index (χ0) is 15.6. The van der Waals surface area contributed by atoms with Crippen molar-refractivity contribution in [1.29, 1.82) is 5.26 Å². The largest absolute Gasteiger partial charge is 0.398 e. The quantitative estimate of drug-likeness (QED) is 0.817. The molecule has 21 heavy (non-hydrogen) atoms. The Morgan fingerprint density at radius 2 is 1.95 bits per heavy atom. The molecule has 7 heteroatoms. The van der Waals surface area contributed by atoms with Crippen molar-refractivity contribution in [3.8, 4) is 6.07 Å². The predicted molar refractivity (Wildman–Crippen MR) is 85.3 cm³/mol. The van der Waals surface area contributed by atoms with E-state index in [9.17, 15) is 8.42 Å². The van der Waals surface area contributed by atoms with Crippen LogP contribution in [-0.4, -0.2) is 8.42 Å². The number of anilines is 2. The number of halogens is 1. The van der Waals surface area contributed by atoms with Crippen molar-refractivity contribution in [2.45, 2.75) is 11.8 Å². The number of aryl methyl sites for hydroxylation is 1. The van der Waals surface area contributed by atoms with Crippen molar-refractivity contribution < 1.29 is 8.42 Å². The first-order valence-electron chi connectivity index (χ1n) is 5.92. The number of sulfonamides is 1. The average molecular weight is 366 g/mol. The fourth-order valence-corrected chi connectivity index (χ4v) is 3.15. The Labute approximate surface area is 131 Å². The third kappa shape index (κ3) is 3.35. The van der Waals surface area contributed by atoms with Crippen molar-refractivity contribution in [1.82, 2.24) is 0 Å². The Bertz CT molecular complexity index is 842. The highest BCUT2D eigenvalue weighted by Crippen LogP contribution is 2.25. The summed E-state index contributed by atoms with van der Waals surface area (Å²) in [5.41, 5.74) is 7.39. The van der Waals surface area contributed by atoms with Gasteiger partial charge in [-0.2, -0.15) is 5.26 Å². The lowest BCUT2D eigenvalue weighted by Gasteiger charge is -2.11. The van der Waals surface area contributed by atoms with Gasteiger partial charge in [-0.1, -0.05) is 22.0 Å². The van der Waals surface area contributed by atoms with E-state index in [1.807, 2.05) is 6.07 Å². The van der Waals surface area contributed by atoms with Crippen LogP contribution < -0.4 is 10.5 Å². The highest BCUT2D eigenvalue weighted by molar-refractivity contribution is 9.10. The van der Waals surface area contributed by atoms with E-state index in [1.165, 1.54) is 24.3 Å². The highest BCUT2D eigenvalue weighted by atomic mass is 79.9. The smallest absolute Gasteiger partial charge is 0.262 e. The number of nitrogens with two attached hydrogens (primary N) is 1. The lowest BCUT2D eigenvalue weighted by atomic mass is 10.2. The molecule has 108 valence electrons. The van der Waals surface area contributed by atoms with Gasteiger partial charge in [-0.25, -0.2) is 8.42 Å². The second kappa shape index (κ2) is 5.76. The molecule has 2 aromatic carbocycles. The molecular weight excluding hydrogens is 354 g/mol. The third-order valence-electron chi connectivity index (χ3n) is 2.91. The topological polar surface area (TPSA) is 96.0 Å². The maximum atomic E-state index is 12.4. The van der Waals surface area contributed by atoms with Gasteiger partial charge >= 0.3 is 0 Å². The number of nitrogen functional groups attached to an aromatic ring is 1. The molecule has 0 saturated carbocycles. The second-order valence-electron chi connectivity index (χ2n) is 4.43. The van der Waals surface area contributed by atoms with E-state index >= 15 is 0 Å². The van der Waals surface area contributed by atoms with E-state index in [2.05, 4.69) is 20.7 Å². The summed E-state index contributed by atoms with van der Waals surface area (Å²) in [7, 11) is -3.80. The Morgan fingerprint density at radius 3 is 2.57 bits per heavy atom. The van der Waals surface area contributed by atoms with Crippen LogP contribution in [0.25, 0.3) is 0 Å². The second-order valence-corrected chi connectivity index (χ2v) is 7.02. The number of hydrogen-bond acceptors (Lipinski definition) is 4. The average Bonchev–Trinajstić information content (AvgIpc) is 2.41. The zero-order valence-corrected chi connectivity index (χ0v) is 13.5. The summed E-state index contributed by atoms with van der Waals surface area (Å²) in [6.07, 6.45) is 0. The molecule has 0 aliphatic heterocycles. The van der Waals surface area contributed by atoms with Crippen molar-refractivity contribution in [3.05, 3.63) is 52.0 Å². The fourth-order valence-electron chi connectivity index (χ4n) is 1.69. The van der Waals surface area contributed by atoms with Crippen molar-refractivity contribution in [2.75, 3.05) is 10.5 Å². The van der Waals surface area contributed by atoms with Crippen LogP contribution >= 0.6 is 15.9 Å². The summed E-state index contributed by atoms with van der Waals surface area (Å²) in [4.78, 5) is 0.0504. The van der Waals surface area contributed by atoms with Gasteiger partial charge in [0.05, 0.1) is 16.1 Å². The van der Waals surface area contributed by atoms with Gasteiger partial charge in [-0.15, -0.1) is 0 Å². The predicted octanol–water partition coefficient (Wildman–Crippen LogP) is 3.01. The van der Waals surface area contributed by atoms with Crippen LogP contribution in [0, 0.1) is 18.3 Å². The van der Waals surface area contributed by atoms with E-state index in [0.717, 1.165) is 5.56 Å². The van der Waals surface area contributed by atoms with Gasteiger partial charge in [0.25, 0.3) is 10.0 Å². The Morgan fingerprint density at radius 1 is 1.24 bits per heavy atom. The van der Waals surface area contributed by atoms with Gasteiger partial charge in [0.1, 0.15) is 6.07 Å². The molecule has 2 rings (SSSR count). The van der Waals surface area contributed by atoms with Gasteiger partial charge in [0.15, 0.2) is 0 Å². The SMILES string of the molecule is Cc1ccc(S(=O)(=O)Nc2cc(Br)ccc2C#N)cc1N. The highest BCUT2D eigenvalue weighted by Gasteiger charge is 2.17. The molecule has 0 radical (unpaired) electrons. The van der Waals surface area contributed by atoms with Gasteiger partial charge in [0.2, 0.25) is 0 Å². The third-order valence-corrected chi connectivity index (χ3v) is 4.76. The van der Waals surface area contributed by atoms with Crippen LogP contribution in [-0.2, 0) is 10.0 Å². The number of hydrogen-bond donors (Lipinski definition) is 2. The maximum absolute atomic E-state index is 12.4. The van der Waals surface area contributed by atoms with Crippen LogP contribution in [0.1, 0.15) is 11.1 Å². The van der Waals surface area contributed by atoms with E-state index in [4.69, 9.17) is 11.0 Å². The summed E-state index contributed by atoms with van der Waals surface area (Å²) in [6.45, 7) is 1.79. The summed E-state index contributed by atoms with van der Waals surface area (Å²) in [5, 5.41) is 9.04. The van der Waals surface area contributed by atoms with Crippen LogP contribution in [0.5, 0.6) is 0 Å². The number of nitriles is 1. The van der Waals surface area contributed by atoms with Crippen LogP contribution in [0.15, 0.2) is 45.8 Å². The molecule has 0 aliphatic rings. The number of nitrogens with zero attached hydrogens (tertiary/aromatic N) is 1. The monoisotopic (exact) mass is 365 g/mol. The molecule has 0 aliphatic carbocycles. The lowest BCUT2D eigenvalue weighted by molar-refractivity contribution is 0.601. The van der Waals surface area contributed by atoms with Gasteiger partial charge in [0, 0.05) is 10.2 Å². The molecule has 0 bridgehead atoms. The van der Waals surface area contributed by atoms with Gasteiger partial charge < -0.3 is 5.73 Å².